The molecule has 4 rings (SSSR count). The molecule has 3 heterocycles. The Labute approximate surface area is 182 Å². The molecule has 1 fully saturated rings. The number of halogens is 1. The van der Waals surface area contributed by atoms with Crippen LogP contribution in [0, 0.1) is 6.92 Å². The summed E-state index contributed by atoms with van der Waals surface area (Å²) in [5.41, 5.74) is 1.73. The molecular formula is C20H28ClN7S. The zero-order valence-electron chi connectivity index (χ0n) is 17.3. The zero-order valence-corrected chi connectivity index (χ0v) is 18.9. The van der Waals surface area contributed by atoms with E-state index >= 15 is 0 Å². The molecule has 3 N–H and O–H groups in total. The average molecular weight is 434 g/mol. The van der Waals surface area contributed by atoms with E-state index in [1.165, 1.54) is 18.5 Å². The van der Waals surface area contributed by atoms with Gasteiger partial charge in [-0.15, -0.1) is 0 Å². The van der Waals surface area contributed by atoms with E-state index in [1.54, 1.807) is 6.07 Å². The number of nitrogens with zero attached hydrogens (tertiary/aromatic N) is 4. The predicted molar refractivity (Wildman–Crippen MR) is 126 cm³/mol. The van der Waals surface area contributed by atoms with E-state index in [2.05, 4.69) is 42.7 Å². The molecule has 29 heavy (non-hydrogen) atoms. The molecule has 1 saturated heterocycles. The molecule has 1 aliphatic rings. The summed E-state index contributed by atoms with van der Waals surface area (Å²) in [6, 6.07) is 7.32. The SMILES string of the molecule is CC.CN1CCNCC1.Cc1cc(Nc2nc(C=S)nc3ccc(Cl)cc23)n[nH]1. The number of thiocarbonyl (C=S) groups is 1. The highest BCUT2D eigenvalue weighted by Crippen LogP contribution is 2.26. The second kappa shape index (κ2) is 11.8. The molecule has 0 atom stereocenters. The van der Waals surface area contributed by atoms with Crippen LogP contribution >= 0.6 is 23.8 Å². The van der Waals surface area contributed by atoms with Gasteiger partial charge in [0.1, 0.15) is 5.82 Å². The molecule has 1 aliphatic heterocycles. The van der Waals surface area contributed by atoms with Crippen LogP contribution in [0.1, 0.15) is 25.4 Å². The maximum Gasteiger partial charge on any atom is 0.165 e. The molecule has 2 aromatic heterocycles. The van der Waals surface area contributed by atoms with Gasteiger partial charge in [-0.1, -0.05) is 37.7 Å². The number of H-pyrrole nitrogens is 1. The number of benzene rings is 1. The van der Waals surface area contributed by atoms with E-state index in [0.29, 0.717) is 22.5 Å². The van der Waals surface area contributed by atoms with Gasteiger partial charge in [0, 0.05) is 53.7 Å². The third-order valence-corrected chi connectivity index (χ3v) is 4.52. The van der Waals surface area contributed by atoms with Crippen LogP contribution in [-0.2, 0) is 0 Å². The summed E-state index contributed by atoms with van der Waals surface area (Å²) >= 11 is 10.9. The lowest BCUT2D eigenvalue weighted by atomic mass is 10.2. The standard InChI is InChI=1S/C13H10ClN5S.C5H12N2.C2H6/c1-7-4-11(19-18-7)16-13-9-5-8(14)2-3-10(9)15-12(6-20)17-13;1-7-4-2-6-3-5-7;1-2/h2-6H,1H3,(H2,15,16,17,18,19);6H,2-5H2,1H3;1-2H3. The van der Waals surface area contributed by atoms with Crippen molar-refractivity contribution in [2.75, 3.05) is 38.5 Å². The van der Waals surface area contributed by atoms with Crippen LogP contribution in [-0.4, -0.2) is 63.7 Å². The summed E-state index contributed by atoms with van der Waals surface area (Å²) in [7, 11) is 2.15. The first-order valence-electron chi connectivity index (χ1n) is 9.66. The number of hydrogen-bond donors (Lipinski definition) is 3. The third-order valence-electron chi connectivity index (χ3n) is 4.07. The zero-order chi connectivity index (χ0) is 21.2. The number of likely N-dealkylation sites (N-methyl/N-ethyl adjacent to an activating group) is 1. The maximum absolute atomic E-state index is 6.04. The minimum absolute atomic E-state index is 0.476. The summed E-state index contributed by atoms with van der Waals surface area (Å²) in [6.45, 7) is 10.7. The third kappa shape index (κ3) is 7.01. The van der Waals surface area contributed by atoms with Crippen LogP contribution in [0.5, 0.6) is 0 Å². The summed E-state index contributed by atoms with van der Waals surface area (Å²) in [5, 5.41) is 16.3. The molecule has 0 unspecified atom stereocenters. The molecule has 9 heteroatoms. The fourth-order valence-electron chi connectivity index (χ4n) is 2.65. The number of anilines is 2. The number of fused-ring (bicyclic) bond motifs is 1. The van der Waals surface area contributed by atoms with E-state index in [0.717, 1.165) is 29.7 Å². The van der Waals surface area contributed by atoms with Crippen LogP contribution in [0.2, 0.25) is 5.02 Å². The van der Waals surface area contributed by atoms with Crippen LogP contribution in [0.25, 0.3) is 10.9 Å². The minimum atomic E-state index is 0.476. The number of aromatic amines is 1. The first-order chi connectivity index (χ1) is 14.0. The van der Waals surface area contributed by atoms with Gasteiger partial charge in [-0.2, -0.15) is 5.10 Å². The second-order valence-electron chi connectivity index (χ2n) is 6.32. The lowest BCUT2D eigenvalue weighted by Crippen LogP contribution is -2.40. The number of rotatable bonds is 3. The van der Waals surface area contributed by atoms with Crippen molar-refractivity contribution >= 4 is 51.7 Å². The fourth-order valence-corrected chi connectivity index (χ4v) is 2.92. The van der Waals surface area contributed by atoms with Crippen molar-refractivity contribution in [2.45, 2.75) is 20.8 Å². The van der Waals surface area contributed by atoms with E-state index in [-0.39, 0.29) is 0 Å². The fraction of sp³-hybridized carbons (Fsp3) is 0.400. The van der Waals surface area contributed by atoms with Crippen molar-refractivity contribution in [1.82, 2.24) is 30.4 Å². The van der Waals surface area contributed by atoms with E-state index in [9.17, 15) is 0 Å². The van der Waals surface area contributed by atoms with Crippen molar-refractivity contribution in [1.29, 1.82) is 0 Å². The maximum atomic E-state index is 6.04. The van der Waals surface area contributed by atoms with Crippen LogP contribution < -0.4 is 10.6 Å². The quantitative estimate of drug-likeness (QED) is 0.539. The Balaban J connectivity index is 0.000000280. The largest absolute Gasteiger partial charge is 0.323 e. The van der Waals surface area contributed by atoms with Crippen LogP contribution in [0.15, 0.2) is 24.3 Å². The number of nitrogens with one attached hydrogen (secondary N) is 3. The van der Waals surface area contributed by atoms with Gasteiger partial charge in [-0.3, -0.25) is 5.10 Å². The Morgan fingerprint density at radius 3 is 2.45 bits per heavy atom. The molecule has 156 valence electrons. The van der Waals surface area contributed by atoms with Gasteiger partial charge in [0.2, 0.25) is 0 Å². The van der Waals surface area contributed by atoms with E-state index < -0.39 is 0 Å². The monoisotopic (exact) mass is 433 g/mol. The summed E-state index contributed by atoms with van der Waals surface area (Å²) in [6.07, 6.45) is 0. The topological polar surface area (TPSA) is 81.8 Å². The first-order valence-corrected chi connectivity index (χ1v) is 10.5. The Hall–Kier alpha value is -2.13. The molecule has 0 spiro atoms. The summed E-state index contributed by atoms with van der Waals surface area (Å²) in [5.74, 6) is 1.78. The van der Waals surface area contributed by atoms with Crippen molar-refractivity contribution in [2.24, 2.45) is 0 Å². The van der Waals surface area contributed by atoms with Gasteiger partial charge >= 0.3 is 0 Å². The van der Waals surface area contributed by atoms with Gasteiger partial charge in [0.05, 0.1) is 5.52 Å². The molecule has 0 saturated carbocycles. The van der Waals surface area contributed by atoms with E-state index in [1.807, 2.05) is 39.0 Å². The van der Waals surface area contributed by atoms with Gasteiger partial charge < -0.3 is 15.5 Å². The summed E-state index contributed by atoms with van der Waals surface area (Å²) in [4.78, 5) is 11.0. The normalized spacial score (nSPS) is 13.7. The molecular weight excluding hydrogens is 406 g/mol. The highest BCUT2D eigenvalue weighted by molar-refractivity contribution is 7.79. The molecule has 0 bridgehead atoms. The predicted octanol–water partition coefficient (Wildman–Crippen LogP) is 3.95. The van der Waals surface area contributed by atoms with Crippen LogP contribution in [0.3, 0.4) is 0 Å². The Bertz CT molecular complexity index is 922. The highest BCUT2D eigenvalue weighted by Gasteiger charge is 2.09. The van der Waals surface area contributed by atoms with Gasteiger partial charge in [0.25, 0.3) is 0 Å². The number of aryl methyl sites for hydroxylation is 1. The lowest BCUT2D eigenvalue weighted by Gasteiger charge is -2.21. The minimum Gasteiger partial charge on any atom is -0.323 e. The van der Waals surface area contributed by atoms with Crippen molar-refractivity contribution in [3.05, 3.63) is 40.8 Å². The highest BCUT2D eigenvalue weighted by atomic mass is 35.5. The Kier molecular flexibility index (Phi) is 9.40. The van der Waals surface area contributed by atoms with Crippen molar-refractivity contribution in [3.8, 4) is 0 Å². The molecule has 1 aromatic carbocycles. The number of hydrogen-bond acceptors (Lipinski definition) is 7. The van der Waals surface area contributed by atoms with E-state index in [4.69, 9.17) is 23.8 Å². The smallest absolute Gasteiger partial charge is 0.165 e. The first kappa shape index (κ1) is 23.2. The Morgan fingerprint density at radius 2 is 1.90 bits per heavy atom. The van der Waals surface area contributed by atoms with Gasteiger partial charge in [0.15, 0.2) is 11.6 Å². The Morgan fingerprint density at radius 1 is 1.17 bits per heavy atom. The summed E-state index contributed by atoms with van der Waals surface area (Å²) < 4.78 is 0. The molecule has 3 aromatic rings. The average Bonchev–Trinajstić information content (AvgIpc) is 3.15. The molecule has 0 amide bonds. The molecule has 0 radical (unpaired) electrons. The van der Waals surface area contributed by atoms with Crippen LogP contribution in [0.4, 0.5) is 11.6 Å². The molecule has 0 aliphatic carbocycles. The number of piperazine rings is 1. The van der Waals surface area contributed by atoms with Gasteiger partial charge in [-0.25, -0.2) is 9.97 Å². The van der Waals surface area contributed by atoms with Crippen molar-refractivity contribution in [3.63, 3.8) is 0 Å². The molecule has 7 nitrogen and oxygen atoms in total. The second-order valence-corrected chi connectivity index (χ2v) is 7.00. The number of aromatic nitrogens is 4. The van der Waals surface area contributed by atoms with Crippen molar-refractivity contribution < 1.29 is 0 Å². The lowest BCUT2D eigenvalue weighted by molar-refractivity contribution is 0.291. The van der Waals surface area contributed by atoms with Gasteiger partial charge in [-0.05, 0) is 32.2 Å².